The third-order valence-corrected chi connectivity index (χ3v) is 6.74. The van der Waals surface area contributed by atoms with Gasteiger partial charge in [0.25, 0.3) is 10.0 Å². The number of carbonyl (C=O) groups is 1. The van der Waals surface area contributed by atoms with E-state index in [1.807, 2.05) is 13.8 Å². The molecule has 0 saturated heterocycles. The summed E-state index contributed by atoms with van der Waals surface area (Å²) in [5.74, 6) is 0.543. The number of anilines is 1. The van der Waals surface area contributed by atoms with Gasteiger partial charge >= 0.3 is 0 Å². The van der Waals surface area contributed by atoms with Gasteiger partial charge in [-0.2, -0.15) is 0 Å². The van der Waals surface area contributed by atoms with Crippen molar-refractivity contribution in [3.8, 4) is 17.2 Å². The van der Waals surface area contributed by atoms with Crippen LogP contribution in [0.3, 0.4) is 0 Å². The van der Waals surface area contributed by atoms with Crippen LogP contribution < -0.4 is 18.5 Å². The first-order valence-electron chi connectivity index (χ1n) is 9.59. The molecule has 2 aromatic rings. The van der Waals surface area contributed by atoms with Gasteiger partial charge in [0.1, 0.15) is 12.3 Å². The van der Waals surface area contributed by atoms with Crippen LogP contribution in [0.25, 0.3) is 0 Å². The van der Waals surface area contributed by atoms with Gasteiger partial charge in [0.15, 0.2) is 11.5 Å². The highest BCUT2D eigenvalue weighted by Crippen LogP contribution is 2.37. The van der Waals surface area contributed by atoms with E-state index in [4.69, 9.17) is 25.8 Å². The molecule has 31 heavy (non-hydrogen) atoms. The fourth-order valence-corrected chi connectivity index (χ4v) is 4.66. The Hall–Kier alpha value is -2.65. The van der Waals surface area contributed by atoms with Gasteiger partial charge in [-0.1, -0.05) is 11.6 Å². The van der Waals surface area contributed by atoms with Crippen LogP contribution in [0.2, 0.25) is 5.02 Å². The summed E-state index contributed by atoms with van der Waals surface area (Å²) in [7, 11) is 0.0913. The lowest BCUT2D eigenvalue weighted by Gasteiger charge is -2.28. The topological polar surface area (TPSA) is 85.4 Å². The number of amides is 1. The van der Waals surface area contributed by atoms with E-state index in [0.29, 0.717) is 23.9 Å². The van der Waals surface area contributed by atoms with Crippen molar-refractivity contribution in [1.82, 2.24) is 4.90 Å². The summed E-state index contributed by atoms with van der Waals surface area (Å²) in [6.07, 6.45) is 0. The number of sulfonamides is 1. The van der Waals surface area contributed by atoms with E-state index in [2.05, 4.69) is 0 Å². The molecule has 0 aromatic heterocycles. The molecule has 0 aliphatic heterocycles. The minimum absolute atomic E-state index is 0.0699. The number of hydrogen-bond donors (Lipinski definition) is 0. The highest BCUT2D eigenvalue weighted by Gasteiger charge is 2.31. The van der Waals surface area contributed by atoms with Gasteiger partial charge in [0.2, 0.25) is 5.91 Å². The lowest BCUT2D eigenvalue weighted by molar-refractivity contribution is -0.129. The Morgan fingerprint density at radius 3 is 2.03 bits per heavy atom. The molecule has 0 saturated carbocycles. The number of rotatable bonds is 10. The van der Waals surface area contributed by atoms with Gasteiger partial charge in [0.05, 0.1) is 31.9 Å². The van der Waals surface area contributed by atoms with Gasteiger partial charge in [-0.25, -0.2) is 8.42 Å². The molecule has 0 aliphatic rings. The summed E-state index contributed by atoms with van der Waals surface area (Å²) < 4.78 is 44.1. The molecule has 0 unspecified atom stereocenters. The van der Waals surface area contributed by atoms with Crippen molar-refractivity contribution in [1.29, 1.82) is 0 Å². The zero-order chi connectivity index (χ0) is 23.2. The summed E-state index contributed by atoms with van der Waals surface area (Å²) in [6.45, 7) is 4.14. The van der Waals surface area contributed by atoms with Crippen molar-refractivity contribution in [3.05, 3.63) is 41.4 Å². The number of hydrogen-bond acceptors (Lipinski definition) is 6. The van der Waals surface area contributed by atoms with E-state index in [-0.39, 0.29) is 28.0 Å². The molecule has 170 valence electrons. The molecule has 0 radical (unpaired) electrons. The first-order chi connectivity index (χ1) is 14.7. The van der Waals surface area contributed by atoms with Gasteiger partial charge in [-0.05, 0) is 44.2 Å². The molecule has 0 spiro atoms. The molecule has 10 heteroatoms. The maximum absolute atomic E-state index is 13.7. The molecule has 0 atom stereocenters. The van der Waals surface area contributed by atoms with Crippen molar-refractivity contribution in [3.63, 3.8) is 0 Å². The number of ether oxygens (including phenoxy) is 3. The average Bonchev–Trinajstić information content (AvgIpc) is 2.77. The van der Waals surface area contributed by atoms with Crippen LogP contribution in [0, 0.1) is 0 Å². The van der Waals surface area contributed by atoms with Crippen LogP contribution in [0.15, 0.2) is 41.3 Å². The standard InChI is InChI=1S/C21H27ClN2O6S/c1-6-23(7-2)21(25)14-24(17-12-15(22)8-10-18(17)28-3)31(26,27)16-9-11-19(29-4)20(13-16)30-5/h8-13H,6-7,14H2,1-5H3. The fourth-order valence-electron chi connectivity index (χ4n) is 3.06. The van der Waals surface area contributed by atoms with E-state index in [0.717, 1.165) is 4.31 Å². The van der Waals surface area contributed by atoms with Crippen LogP contribution in [-0.4, -0.2) is 60.2 Å². The number of benzene rings is 2. The van der Waals surface area contributed by atoms with Crippen molar-refractivity contribution < 1.29 is 27.4 Å². The minimum atomic E-state index is -4.19. The number of halogens is 1. The minimum Gasteiger partial charge on any atom is -0.495 e. The van der Waals surface area contributed by atoms with Gasteiger partial charge in [-0.15, -0.1) is 0 Å². The number of nitrogens with zero attached hydrogens (tertiary/aromatic N) is 2. The predicted octanol–water partition coefficient (Wildman–Crippen LogP) is 3.43. The Kier molecular flexibility index (Phi) is 8.41. The average molecular weight is 471 g/mol. The van der Waals surface area contributed by atoms with Crippen LogP contribution in [0.5, 0.6) is 17.2 Å². The summed E-state index contributed by atoms with van der Waals surface area (Å²) >= 11 is 6.15. The third-order valence-electron chi connectivity index (χ3n) is 4.75. The van der Waals surface area contributed by atoms with Crippen LogP contribution in [0.1, 0.15) is 13.8 Å². The van der Waals surface area contributed by atoms with Crippen LogP contribution >= 0.6 is 11.6 Å². The summed E-state index contributed by atoms with van der Waals surface area (Å²) in [5.41, 5.74) is 0.158. The quantitative estimate of drug-likeness (QED) is 0.529. The van der Waals surface area contributed by atoms with E-state index in [1.54, 1.807) is 17.0 Å². The van der Waals surface area contributed by atoms with Crippen molar-refractivity contribution >= 4 is 33.2 Å². The SMILES string of the molecule is CCN(CC)C(=O)CN(c1cc(Cl)ccc1OC)S(=O)(=O)c1ccc(OC)c(OC)c1. The molecule has 0 fully saturated rings. The molecule has 2 aromatic carbocycles. The number of carbonyl (C=O) groups excluding carboxylic acids is 1. The molecule has 0 aliphatic carbocycles. The monoisotopic (exact) mass is 470 g/mol. The number of likely N-dealkylation sites (N-methyl/N-ethyl adjacent to an activating group) is 1. The van der Waals surface area contributed by atoms with E-state index in [1.165, 1.54) is 45.6 Å². The molecule has 0 N–H and O–H groups in total. The second-order valence-electron chi connectivity index (χ2n) is 6.41. The highest BCUT2D eigenvalue weighted by atomic mass is 35.5. The van der Waals surface area contributed by atoms with E-state index in [9.17, 15) is 13.2 Å². The fraction of sp³-hybridized carbons (Fsp3) is 0.381. The third kappa shape index (κ3) is 5.34. The maximum atomic E-state index is 13.7. The normalized spacial score (nSPS) is 11.0. The van der Waals surface area contributed by atoms with Crippen LogP contribution in [0.4, 0.5) is 5.69 Å². The molecular formula is C21H27ClN2O6S. The maximum Gasteiger partial charge on any atom is 0.265 e. The molecule has 0 bridgehead atoms. The van der Waals surface area contributed by atoms with Crippen LogP contribution in [-0.2, 0) is 14.8 Å². The first kappa shape index (κ1) is 24.6. The molecule has 1 amide bonds. The Bertz CT molecular complexity index is 1020. The molecule has 2 rings (SSSR count). The second-order valence-corrected chi connectivity index (χ2v) is 8.71. The Balaban J connectivity index is 2.67. The van der Waals surface area contributed by atoms with Gasteiger partial charge in [-0.3, -0.25) is 9.10 Å². The largest absolute Gasteiger partial charge is 0.495 e. The molecule has 8 nitrogen and oxygen atoms in total. The Morgan fingerprint density at radius 1 is 0.903 bits per heavy atom. The van der Waals surface area contributed by atoms with E-state index < -0.39 is 16.6 Å². The zero-order valence-electron chi connectivity index (χ0n) is 18.2. The summed E-state index contributed by atoms with van der Waals surface area (Å²) in [6, 6.07) is 8.82. The summed E-state index contributed by atoms with van der Waals surface area (Å²) in [5, 5.41) is 0.304. The Morgan fingerprint density at radius 2 is 1.48 bits per heavy atom. The second kappa shape index (κ2) is 10.6. The molecule has 0 heterocycles. The van der Waals surface area contributed by atoms with Crippen molar-refractivity contribution in [2.24, 2.45) is 0 Å². The van der Waals surface area contributed by atoms with Gasteiger partial charge in [0, 0.05) is 24.2 Å². The number of methoxy groups -OCH3 is 3. The smallest absolute Gasteiger partial charge is 0.265 e. The zero-order valence-corrected chi connectivity index (χ0v) is 19.8. The van der Waals surface area contributed by atoms with Crippen molar-refractivity contribution in [2.45, 2.75) is 18.7 Å². The highest BCUT2D eigenvalue weighted by molar-refractivity contribution is 7.92. The predicted molar refractivity (Wildman–Crippen MR) is 120 cm³/mol. The van der Waals surface area contributed by atoms with E-state index >= 15 is 0 Å². The Labute approximate surface area is 188 Å². The summed E-state index contributed by atoms with van der Waals surface area (Å²) in [4.78, 5) is 14.4. The molecular weight excluding hydrogens is 444 g/mol. The lowest BCUT2D eigenvalue weighted by Crippen LogP contribution is -2.43. The van der Waals surface area contributed by atoms with Crippen molar-refractivity contribution in [2.75, 3.05) is 45.3 Å². The van der Waals surface area contributed by atoms with Gasteiger partial charge < -0.3 is 19.1 Å². The lowest BCUT2D eigenvalue weighted by atomic mass is 10.3. The first-order valence-corrected chi connectivity index (χ1v) is 11.4.